The van der Waals surface area contributed by atoms with Gasteiger partial charge in [0.05, 0.1) is 0 Å². The third-order valence-electron chi connectivity index (χ3n) is 3.89. The first-order valence-corrected chi connectivity index (χ1v) is 9.43. The van der Waals surface area contributed by atoms with Crippen molar-refractivity contribution in [2.45, 2.75) is 32.6 Å². The van der Waals surface area contributed by atoms with Crippen molar-refractivity contribution in [2.75, 3.05) is 18.8 Å². The molecule has 0 N–H and O–H groups in total. The Morgan fingerprint density at radius 1 is 1.33 bits per heavy atom. The standard InChI is InChI=1S/C15H20BrNO3S/c1-11-9-14(3-4-15(11)16)13-5-7-17(8-6-13)21(19,20)10-12(2)18/h3-4,9,13H,5-8,10H2,1-2H3. The number of aryl methyl sites for hydroxylation is 1. The van der Waals surface area contributed by atoms with E-state index in [4.69, 9.17) is 0 Å². The van der Waals surface area contributed by atoms with E-state index in [1.165, 1.54) is 22.4 Å². The number of piperidine rings is 1. The summed E-state index contributed by atoms with van der Waals surface area (Å²) in [6.07, 6.45) is 1.61. The minimum atomic E-state index is -3.43. The van der Waals surface area contributed by atoms with Gasteiger partial charge in [0.1, 0.15) is 11.5 Å². The highest BCUT2D eigenvalue weighted by Gasteiger charge is 2.29. The van der Waals surface area contributed by atoms with Gasteiger partial charge in [0.2, 0.25) is 10.0 Å². The zero-order valence-corrected chi connectivity index (χ0v) is 14.7. The first-order valence-electron chi connectivity index (χ1n) is 7.03. The van der Waals surface area contributed by atoms with Crippen LogP contribution in [0.4, 0.5) is 0 Å². The molecule has 0 aliphatic carbocycles. The van der Waals surface area contributed by atoms with Crippen molar-refractivity contribution in [3.8, 4) is 0 Å². The number of ketones is 1. The third-order valence-corrected chi connectivity index (χ3v) is 6.70. The van der Waals surface area contributed by atoms with Crippen molar-refractivity contribution in [1.29, 1.82) is 0 Å². The maximum atomic E-state index is 12.0. The molecule has 0 saturated carbocycles. The number of nitrogens with zero attached hydrogens (tertiary/aromatic N) is 1. The molecule has 2 rings (SSSR count). The number of carbonyl (C=O) groups excluding carboxylic acids is 1. The number of halogens is 1. The zero-order chi connectivity index (χ0) is 15.6. The van der Waals surface area contributed by atoms with Gasteiger partial charge in [-0.3, -0.25) is 4.79 Å². The van der Waals surface area contributed by atoms with Crippen LogP contribution in [0.1, 0.15) is 36.8 Å². The normalized spacial score (nSPS) is 17.9. The van der Waals surface area contributed by atoms with Crippen molar-refractivity contribution >= 4 is 31.7 Å². The molecule has 1 aromatic carbocycles. The molecular weight excluding hydrogens is 354 g/mol. The Balaban J connectivity index is 2.03. The lowest BCUT2D eigenvalue weighted by atomic mass is 9.89. The van der Waals surface area contributed by atoms with Crippen LogP contribution in [-0.4, -0.2) is 37.3 Å². The fraction of sp³-hybridized carbons (Fsp3) is 0.533. The van der Waals surface area contributed by atoms with Gasteiger partial charge >= 0.3 is 0 Å². The van der Waals surface area contributed by atoms with Crippen LogP contribution in [0, 0.1) is 6.92 Å². The van der Waals surface area contributed by atoms with Crippen LogP contribution in [0.2, 0.25) is 0 Å². The summed E-state index contributed by atoms with van der Waals surface area (Å²) in [5.74, 6) is -0.295. The third kappa shape index (κ3) is 4.14. The molecule has 0 atom stereocenters. The van der Waals surface area contributed by atoms with Crippen LogP contribution in [-0.2, 0) is 14.8 Å². The van der Waals surface area contributed by atoms with E-state index in [1.807, 2.05) is 6.07 Å². The lowest BCUT2D eigenvalue weighted by Crippen LogP contribution is -2.40. The first-order chi connectivity index (χ1) is 9.79. The number of hydrogen-bond donors (Lipinski definition) is 0. The minimum Gasteiger partial charge on any atom is -0.299 e. The van der Waals surface area contributed by atoms with E-state index in [-0.39, 0.29) is 11.5 Å². The molecule has 0 amide bonds. The fourth-order valence-electron chi connectivity index (χ4n) is 2.74. The Morgan fingerprint density at radius 2 is 1.95 bits per heavy atom. The van der Waals surface area contributed by atoms with Crippen LogP contribution in [0.25, 0.3) is 0 Å². The van der Waals surface area contributed by atoms with Gasteiger partial charge in [-0.15, -0.1) is 0 Å². The summed E-state index contributed by atoms with van der Waals surface area (Å²) >= 11 is 3.49. The fourth-order valence-corrected chi connectivity index (χ4v) is 4.45. The molecule has 1 aromatic rings. The molecule has 0 aromatic heterocycles. The number of rotatable bonds is 4. The Morgan fingerprint density at radius 3 is 2.48 bits per heavy atom. The van der Waals surface area contributed by atoms with Crippen molar-refractivity contribution < 1.29 is 13.2 Å². The van der Waals surface area contributed by atoms with Gasteiger partial charge in [0.15, 0.2) is 0 Å². The molecule has 0 bridgehead atoms. The summed E-state index contributed by atoms with van der Waals surface area (Å²) in [5.41, 5.74) is 2.46. The summed E-state index contributed by atoms with van der Waals surface area (Å²) < 4.78 is 26.6. The Kier molecular flexibility index (Phi) is 5.22. The van der Waals surface area contributed by atoms with Crippen LogP contribution in [0.15, 0.2) is 22.7 Å². The lowest BCUT2D eigenvalue weighted by molar-refractivity contribution is -0.114. The second kappa shape index (κ2) is 6.58. The van der Waals surface area contributed by atoms with Gasteiger partial charge in [0.25, 0.3) is 0 Å². The molecule has 4 nitrogen and oxygen atoms in total. The Hall–Kier alpha value is -0.720. The van der Waals surface area contributed by atoms with Gasteiger partial charge in [-0.05, 0) is 49.8 Å². The molecule has 116 valence electrons. The van der Waals surface area contributed by atoms with E-state index in [2.05, 4.69) is 35.0 Å². The molecule has 1 fully saturated rings. The SMILES string of the molecule is CC(=O)CS(=O)(=O)N1CCC(c2ccc(Br)c(C)c2)CC1. The summed E-state index contributed by atoms with van der Waals surface area (Å²) in [4.78, 5) is 11.0. The second-order valence-electron chi connectivity index (χ2n) is 5.64. The monoisotopic (exact) mass is 373 g/mol. The van der Waals surface area contributed by atoms with Crippen LogP contribution >= 0.6 is 15.9 Å². The molecule has 21 heavy (non-hydrogen) atoms. The number of carbonyl (C=O) groups is 1. The maximum Gasteiger partial charge on any atom is 0.221 e. The molecular formula is C15H20BrNO3S. The average molecular weight is 374 g/mol. The van der Waals surface area contributed by atoms with Gasteiger partial charge in [-0.25, -0.2) is 12.7 Å². The predicted molar refractivity (Wildman–Crippen MR) is 86.9 cm³/mol. The van der Waals surface area contributed by atoms with Gasteiger partial charge in [-0.1, -0.05) is 28.1 Å². The summed E-state index contributed by atoms with van der Waals surface area (Å²) in [6, 6.07) is 6.31. The van der Waals surface area contributed by atoms with Crippen molar-refractivity contribution in [3.05, 3.63) is 33.8 Å². The molecule has 1 aliphatic rings. The van der Waals surface area contributed by atoms with Crippen molar-refractivity contribution in [3.63, 3.8) is 0 Å². The van der Waals surface area contributed by atoms with Crippen molar-refractivity contribution in [2.24, 2.45) is 0 Å². The van der Waals surface area contributed by atoms with Crippen LogP contribution in [0.5, 0.6) is 0 Å². The molecule has 0 spiro atoms. The Bertz CT molecular complexity index is 634. The van der Waals surface area contributed by atoms with E-state index >= 15 is 0 Å². The first kappa shape index (κ1) is 16.6. The quantitative estimate of drug-likeness (QED) is 0.815. The topological polar surface area (TPSA) is 54.5 Å². The zero-order valence-electron chi connectivity index (χ0n) is 12.3. The summed E-state index contributed by atoms with van der Waals surface area (Å²) in [6.45, 7) is 4.36. The summed E-state index contributed by atoms with van der Waals surface area (Å²) in [7, 11) is -3.43. The van der Waals surface area contributed by atoms with Gasteiger partial charge < -0.3 is 0 Å². The molecule has 6 heteroatoms. The second-order valence-corrected chi connectivity index (χ2v) is 8.46. The van der Waals surface area contributed by atoms with Gasteiger partial charge in [-0.2, -0.15) is 0 Å². The van der Waals surface area contributed by atoms with Crippen LogP contribution in [0.3, 0.4) is 0 Å². The number of sulfonamides is 1. The highest BCUT2D eigenvalue weighted by Crippen LogP contribution is 2.31. The average Bonchev–Trinajstić information content (AvgIpc) is 2.41. The summed E-state index contributed by atoms with van der Waals surface area (Å²) in [5, 5.41) is 0. The highest BCUT2D eigenvalue weighted by molar-refractivity contribution is 9.10. The molecule has 1 aliphatic heterocycles. The number of benzene rings is 1. The van der Waals surface area contributed by atoms with E-state index in [0.717, 1.165) is 17.3 Å². The molecule has 1 heterocycles. The Labute approximate surface area is 134 Å². The van der Waals surface area contributed by atoms with Crippen LogP contribution < -0.4 is 0 Å². The lowest BCUT2D eigenvalue weighted by Gasteiger charge is -2.31. The number of hydrogen-bond acceptors (Lipinski definition) is 3. The smallest absolute Gasteiger partial charge is 0.221 e. The van der Waals surface area contributed by atoms with E-state index < -0.39 is 10.0 Å². The maximum absolute atomic E-state index is 12.0. The molecule has 0 unspecified atom stereocenters. The van der Waals surface area contributed by atoms with Gasteiger partial charge in [0, 0.05) is 17.6 Å². The van der Waals surface area contributed by atoms with E-state index in [0.29, 0.717) is 19.0 Å². The highest BCUT2D eigenvalue weighted by atomic mass is 79.9. The van der Waals surface area contributed by atoms with Crippen molar-refractivity contribution in [1.82, 2.24) is 4.31 Å². The molecule has 1 saturated heterocycles. The number of Topliss-reactive ketones (excluding diaryl/α,β-unsaturated/α-hetero) is 1. The predicted octanol–water partition coefficient (Wildman–Crippen LogP) is 2.86. The molecule has 0 radical (unpaired) electrons. The van der Waals surface area contributed by atoms with E-state index in [1.54, 1.807) is 0 Å². The minimum absolute atomic E-state index is 0.305. The largest absolute Gasteiger partial charge is 0.299 e. The van der Waals surface area contributed by atoms with E-state index in [9.17, 15) is 13.2 Å².